The van der Waals surface area contributed by atoms with Crippen LogP contribution in [0.2, 0.25) is 0 Å². The van der Waals surface area contributed by atoms with E-state index in [4.69, 9.17) is 16.0 Å². The number of fused-ring (bicyclic) bond motifs is 1. The molecule has 1 saturated carbocycles. The van der Waals surface area contributed by atoms with Gasteiger partial charge < -0.3 is 19.2 Å². The molecule has 3 heterocycles. The third-order valence-electron chi connectivity index (χ3n) is 8.07. The molecule has 3 aromatic rings. The van der Waals surface area contributed by atoms with E-state index in [0.717, 1.165) is 55.5 Å². The van der Waals surface area contributed by atoms with Crippen LogP contribution >= 0.6 is 0 Å². The molecule has 0 atom stereocenters. The van der Waals surface area contributed by atoms with E-state index in [-0.39, 0.29) is 11.3 Å². The maximum Gasteiger partial charge on any atom is 0.300 e. The van der Waals surface area contributed by atoms with Crippen LogP contribution in [0.4, 0.5) is 11.5 Å². The van der Waals surface area contributed by atoms with Crippen molar-refractivity contribution in [2.45, 2.75) is 31.1 Å². The summed E-state index contributed by atoms with van der Waals surface area (Å²) >= 11 is 0. The molecule has 1 aromatic heterocycles. The lowest BCUT2D eigenvalue weighted by Gasteiger charge is -2.29. The van der Waals surface area contributed by atoms with Crippen molar-refractivity contribution in [3.63, 3.8) is 0 Å². The zero-order chi connectivity index (χ0) is 25.4. The maximum absolute atomic E-state index is 13.8. The van der Waals surface area contributed by atoms with Crippen LogP contribution in [-0.2, 0) is 16.6 Å². The topological polar surface area (TPSA) is 64.2 Å². The number of hydrogen-bond donors (Lipinski definition) is 0. The standard InChI is InChI=1S/C29H31N5O3/c1-30-27-25-11-15-33(28(35)26(25)34(31-27)23-7-9-24(36-2)10-8-23)22-5-3-21(4-6-22)29(12-13-29)14-16-32-17-19-37-20-18-32/h3-10H,11-20H2,2H3. The van der Waals surface area contributed by atoms with Crippen LogP contribution in [0.5, 0.6) is 5.75 Å². The van der Waals surface area contributed by atoms with Gasteiger partial charge in [-0.25, -0.2) is 0 Å². The summed E-state index contributed by atoms with van der Waals surface area (Å²) in [5.74, 6) is 0.896. The van der Waals surface area contributed by atoms with Crippen molar-refractivity contribution in [1.82, 2.24) is 14.7 Å². The molecule has 0 bridgehead atoms. The van der Waals surface area contributed by atoms with E-state index in [1.807, 2.05) is 29.2 Å². The van der Waals surface area contributed by atoms with Crippen molar-refractivity contribution < 1.29 is 14.3 Å². The summed E-state index contributed by atoms with van der Waals surface area (Å²) in [6.07, 6.45) is 4.21. The highest BCUT2D eigenvalue weighted by atomic mass is 16.5. The fourth-order valence-corrected chi connectivity index (χ4v) is 5.61. The second kappa shape index (κ2) is 9.66. The van der Waals surface area contributed by atoms with E-state index in [0.29, 0.717) is 24.5 Å². The molecule has 37 heavy (non-hydrogen) atoms. The predicted molar refractivity (Wildman–Crippen MR) is 141 cm³/mol. The minimum absolute atomic E-state index is 0.124. The molecule has 190 valence electrons. The molecule has 2 fully saturated rings. The van der Waals surface area contributed by atoms with Gasteiger partial charge in [-0.1, -0.05) is 18.7 Å². The molecule has 2 aliphatic heterocycles. The molecule has 0 radical (unpaired) electrons. The van der Waals surface area contributed by atoms with Crippen LogP contribution in [0, 0.1) is 6.57 Å². The first-order chi connectivity index (χ1) is 18.1. The molecule has 3 aliphatic rings. The van der Waals surface area contributed by atoms with Gasteiger partial charge in [0.2, 0.25) is 0 Å². The van der Waals surface area contributed by atoms with Gasteiger partial charge in [-0.2, -0.15) is 4.68 Å². The lowest BCUT2D eigenvalue weighted by molar-refractivity contribution is 0.0362. The number of methoxy groups -OCH3 is 1. The van der Waals surface area contributed by atoms with Crippen molar-refractivity contribution in [3.05, 3.63) is 76.8 Å². The molecule has 0 spiro atoms. The number of rotatable bonds is 7. The molecule has 8 heteroatoms. The molecule has 2 aromatic carbocycles. The summed E-state index contributed by atoms with van der Waals surface area (Å²) in [6.45, 7) is 12.9. The fourth-order valence-electron chi connectivity index (χ4n) is 5.61. The predicted octanol–water partition coefficient (Wildman–Crippen LogP) is 4.39. The van der Waals surface area contributed by atoms with E-state index >= 15 is 0 Å². The van der Waals surface area contributed by atoms with E-state index in [1.54, 1.807) is 11.8 Å². The number of anilines is 1. The Balaban J connectivity index is 1.23. The van der Waals surface area contributed by atoms with Gasteiger partial charge in [0.15, 0.2) is 0 Å². The summed E-state index contributed by atoms with van der Waals surface area (Å²) in [4.78, 5) is 21.7. The molecular formula is C29H31N5O3. The zero-order valence-corrected chi connectivity index (χ0v) is 21.2. The number of morpholine rings is 1. The molecule has 6 rings (SSSR count). The van der Waals surface area contributed by atoms with Crippen LogP contribution in [-0.4, -0.2) is 67.1 Å². The van der Waals surface area contributed by atoms with Crippen LogP contribution in [0.3, 0.4) is 0 Å². The number of nitrogens with zero attached hydrogens (tertiary/aromatic N) is 5. The molecule has 0 N–H and O–H groups in total. The van der Waals surface area contributed by atoms with Gasteiger partial charge in [0.05, 0.1) is 26.0 Å². The smallest absolute Gasteiger partial charge is 0.300 e. The zero-order valence-electron chi connectivity index (χ0n) is 21.2. The van der Waals surface area contributed by atoms with E-state index in [1.165, 1.54) is 24.8 Å². The summed E-state index contributed by atoms with van der Waals surface area (Å²) in [7, 11) is 1.61. The van der Waals surface area contributed by atoms with Crippen LogP contribution in [0.1, 0.15) is 40.9 Å². The molecule has 0 unspecified atom stereocenters. The Hall–Kier alpha value is -3.67. The second-order valence-electron chi connectivity index (χ2n) is 10.1. The van der Waals surface area contributed by atoms with E-state index < -0.39 is 0 Å². The Bertz CT molecular complexity index is 1330. The van der Waals surface area contributed by atoms with Gasteiger partial charge in [0.1, 0.15) is 11.4 Å². The van der Waals surface area contributed by atoms with Crippen molar-refractivity contribution in [1.29, 1.82) is 0 Å². The molecule has 1 aliphatic carbocycles. The number of ether oxygens (including phenoxy) is 2. The maximum atomic E-state index is 13.8. The van der Waals surface area contributed by atoms with Crippen LogP contribution < -0.4 is 9.64 Å². The first kappa shape index (κ1) is 23.7. The highest BCUT2D eigenvalue weighted by Gasteiger charge is 2.44. The largest absolute Gasteiger partial charge is 0.497 e. The monoisotopic (exact) mass is 497 g/mol. The van der Waals surface area contributed by atoms with Gasteiger partial charge in [-0.15, -0.1) is 0 Å². The molecule has 1 amide bonds. The number of aromatic nitrogens is 2. The number of carbonyl (C=O) groups is 1. The first-order valence-electron chi connectivity index (χ1n) is 13.0. The fraction of sp³-hybridized carbons (Fsp3) is 0.414. The number of benzene rings is 2. The highest BCUT2D eigenvalue weighted by Crippen LogP contribution is 2.51. The summed E-state index contributed by atoms with van der Waals surface area (Å²) in [5.41, 5.74) is 4.45. The third-order valence-corrected chi connectivity index (χ3v) is 8.07. The molecular weight excluding hydrogens is 466 g/mol. The van der Waals surface area contributed by atoms with E-state index in [9.17, 15) is 4.79 Å². The van der Waals surface area contributed by atoms with Crippen LogP contribution in [0.25, 0.3) is 10.5 Å². The molecule has 8 nitrogen and oxygen atoms in total. The number of hydrogen-bond acceptors (Lipinski definition) is 5. The minimum Gasteiger partial charge on any atom is -0.497 e. The van der Waals surface area contributed by atoms with Crippen molar-refractivity contribution in [2.24, 2.45) is 0 Å². The van der Waals surface area contributed by atoms with Crippen molar-refractivity contribution in [3.8, 4) is 11.4 Å². The van der Waals surface area contributed by atoms with Crippen molar-refractivity contribution >= 4 is 17.4 Å². The van der Waals surface area contributed by atoms with Gasteiger partial charge in [-0.3, -0.25) is 9.69 Å². The normalized spacial score (nSPS) is 18.8. The summed E-state index contributed by atoms with van der Waals surface area (Å²) < 4.78 is 12.4. The van der Waals surface area contributed by atoms with Gasteiger partial charge >= 0.3 is 0 Å². The average molecular weight is 498 g/mol. The quantitative estimate of drug-likeness (QED) is 0.453. The molecule has 1 saturated heterocycles. The lowest BCUT2D eigenvalue weighted by atomic mass is 9.91. The van der Waals surface area contributed by atoms with Gasteiger partial charge in [-0.05, 0) is 84.7 Å². The van der Waals surface area contributed by atoms with Gasteiger partial charge in [0, 0.05) is 30.9 Å². The Morgan fingerprint density at radius 2 is 1.73 bits per heavy atom. The highest BCUT2D eigenvalue weighted by molar-refractivity contribution is 6.08. The number of carbonyl (C=O) groups excluding carboxylic acids is 1. The summed E-state index contributed by atoms with van der Waals surface area (Å²) in [5, 5.41) is 4.49. The van der Waals surface area contributed by atoms with Gasteiger partial charge in [0.25, 0.3) is 11.7 Å². The van der Waals surface area contributed by atoms with E-state index in [2.05, 4.69) is 39.1 Å². The SMILES string of the molecule is [C-]#[N+]c1nn(-c2ccc(OC)cc2)c2c1CCN(c1ccc(C3(CCN4CCOCC4)CC3)cc1)C2=O. The Morgan fingerprint density at radius 1 is 1.03 bits per heavy atom. The Labute approximate surface area is 217 Å². The first-order valence-corrected chi connectivity index (χ1v) is 13.0. The average Bonchev–Trinajstić information content (AvgIpc) is 3.65. The third kappa shape index (κ3) is 4.39. The Morgan fingerprint density at radius 3 is 2.38 bits per heavy atom. The summed E-state index contributed by atoms with van der Waals surface area (Å²) in [6, 6.07) is 15.9. The Kier molecular flexibility index (Phi) is 6.19. The van der Waals surface area contributed by atoms with Crippen LogP contribution in [0.15, 0.2) is 48.5 Å². The minimum atomic E-state index is -0.124. The number of amides is 1. The second-order valence-corrected chi connectivity index (χ2v) is 10.1. The van der Waals surface area contributed by atoms with Crippen molar-refractivity contribution in [2.75, 3.05) is 51.4 Å². The lowest BCUT2D eigenvalue weighted by Crippen LogP contribution is -2.38.